The first kappa shape index (κ1) is 10.8. The summed E-state index contributed by atoms with van der Waals surface area (Å²) in [5.74, 6) is 2.22. The zero-order valence-corrected chi connectivity index (χ0v) is 10.5. The molecule has 0 aromatic heterocycles. The van der Waals surface area contributed by atoms with Crippen molar-refractivity contribution in [1.82, 2.24) is 0 Å². The van der Waals surface area contributed by atoms with Crippen LogP contribution in [0.25, 0.3) is 0 Å². The minimum absolute atomic E-state index is 0.441. The largest absolute Gasteiger partial charge is 0.374 e. The third-order valence-corrected chi connectivity index (χ3v) is 4.40. The van der Waals surface area contributed by atoms with E-state index in [1.165, 1.54) is 0 Å². The Bertz CT molecular complexity index is 144. The molecule has 0 spiro atoms. The van der Waals surface area contributed by atoms with Crippen LogP contribution in [0.3, 0.4) is 0 Å². The molecule has 12 heavy (non-hydrogen) atoms. The smallest absolute Gasteiger partial charge is 0.0696 e. The predicted molar refractivity (Wildman–Crippen MR) is 60.7 cm³/mol. The predicted octanol–water partition coefficient (Wildman–Crippen LogP) is 3.12. The zero-order chi connectivity index (χ0) is 9.30. The summed E-state index contributed by atoms with van der Waals surface area (Å²) < 4.78 is 7.05. The molecule has 1 fully saturated rings. The summed E-state index contributed by atoms with van der Waals surface area (Å²) >= 11 is 2.42. The van der Waals surface area contributed by atoms with Crippen LogP contribution in [-0.2, 0) is 4.74 Å². The number of halogens is 1. The molecule has 0 aliphatic carbocycles. The Hall–Kier alpha value is 0.690. The summed E-state index contributed by atoms with van der Waals surface area (Å²) in [6, 6.07) is 0. The second kappa shape index (κ2) is 4.27. The molecule has 1 saturated heterocycles. The highest BCUT2D eigenvalue weighted by atomic mass is 127. The van der Waals surface area contributed by atoms with Gasteiger partial charge in [-0.05, 0) is 24.7 Å². The maximum atomic E-state index is 5.92. The second-order valence-electron chi connectivity index (χ2n) is 4.11. The van der Waals surface area contributed by atoms with Crippen molar-refractivity contribution in [2.75, 3.05) is 4.43 Å². The SMILES string of the molecule is CC1O[C@@H](CI)[C@@H](C)[C@H](C)[C@H]1C. The Kier molecular flexibility index (Phi) is 3.83. The van der Waals surface area contributed by atoms with Crippen LogP contribution in [0.5, 0.6) is 0 Å². The third kappa shape index (κ3) is 1.95. The first-order valence-electron chi connectivity index (χ1n) is 4.79. The number of ether oxygens (including phenoxy) is 1. The highest BCUT2D eigenvalue weighted by molar-refractivity contribution is 14.1. The van der Waals surface area contributed by atoms with Crippen LogP contribution >= 0.6 is 22.6 Å². The molecule has 1 aliphatic heterocycles. The normalized spacial score (nSPS) is 49.2. The lowest BCUT2D eigenvalue weighted by Crippen LogP contribution is -2.44. The molecule has 1 aliphatic rings. The zero-order valence-electron chi connectivity index (χ0n) is 8.38. The molecule has 1 nitrogen and oxygen atoms in total. The molecule has 5 atom stereocenters. The Balaban J connectivity index is 2.63. The van der Waals surface area contributed by atoms with E-state index in [2.05, 4.69) is 50.3 Å². The van der Waals surface area contributed by atoms with E-state index in [0.29, 0.717) is 24.0 Å². The molecule has 0 aromatic rings. The maximum absolute atomic E-state index is 5.92. The summed E-state index contributed by atoms with van der Waals surface area (Å²) in [5.41, 5.74) is 0. The number of hydrogen-bond acceptors (Lipinski definition) is 1. The van der Waals surface area contributed by atoms with E-state index >= 15 is 0 Å². The highest BCUT2D eigenvalue weighted by Gasteiger charge is 2.35. The van der Waals surface area contributed by atoms with Gasteiger partial charge in [0.25, 0.3) is 0 Å². The molecule has 1 heterocycles. The van der Waals surface area contributed by atoms with E-state index in [0.717, 1.165) is 10.3 Å². The van der Waals surface area contributed by atoms with Gasteiger partial charge in [-0.25, -0.2) is 0 Å². The van der Waals surface area contributed by atoms with Gasteiger partial charge in [0.05, 0.1) is 12.2 Å². The van der Waals surface area contributed by atoms with Crippen molar-refractivity contribution < 1.29 is 4.74 Å². The number of alkyl halides is 1. The standard InChI is InChI=1S/C10H19IO/c1-6-7(2)9(4)12-10(5-11)8(6)3/h6-10H,5H2,1-4H3/t6-,7-,8+,9?,10+/m1/s1. The topological polar surface area (TPSA) is 9.23 Å². The van der Waals surface area contributed by atoms with Crippen LogP contribution in [-0.4, -0.2) is 16.6 Å². The lowest BCUT2D eigenvalue weighted by atomic mass is 9.77. The first-order valence-corrected chi connectivity index (χ1v) is 6.32. The fraction of sp³-hybridized carbons (Fsp3) is 1.00. The van der Waals surface area contributed by atoms with E-state index in [1.54, 1.807) is 0 Å². The quantitative estimate of drug-likeness (QED) is 0.530. The van der Waals surface area contributed by atoms with Crippen LogP contribution in [0.2, 0.25) is 0 Å². The van der Waals surface area contributed by atoms with Gasteiger partial charge < -0.3 is 4.74 Å². The van der Waals surface area contributed by atoms with Gasteiger partial charge in [0.2, 0.25) is 0 Å². The summed E-state index contributed by atoms with van der Waals surface area (Å²) in [5, 5.41) is 0. The van der Waals surface area contributed by atoms with Gasteiger partial charge in [-0.2, -0.15) is 0 Å². The van der Waals surface area contributed by atoms with Gasteiger partial charge in [-0.1, -0.05) is 43.4 Å². The average molecular weight is 282 g/mol. The van der Waals surface area contributed by atoms with Crippen molar-refractivity contribution in [3.8, 4) is 0 Å². The fourth-order valence-corrected chi connectivity index (χ4v) is 2.96. The summed E-state index contributed by atoms with van der Waals surface area (Å²) in [4.78, 5) is 0. The van der Waals surface area contributed by atoms with Crippen LogP contribution < -0.4 is 0 Å². The Morgan fingerprint density at radius 1 is 1.00 bits per heavy atom. The van der Waals surface area contributed by atoms with Crippen LogP contribution in [0.4, 0.5) is 0 Å². The van der Waals surface area contributed by atoms with Crippen molar-refractivity contribution in [2.24, 2.45) is 17.8 Å². The van der Waals surface area contributed by atoms with Gasteiger partial charge in [0, 0.05) is 4.43 Å². The Morgan fingerprint density at radius 2 is 1.58 bits per heavy atom. The third-order valence-electron chi connectivity index (χ3n) is 3.53. The van der Waals surface area contributed by atoms with Crippen LogP contribution in [0.15, 0.2) is 0 Å². The Morgan fingerprint density at radius 3 is 2.08 bits per heavy atom. The molecule has 0 saturated carbocycles. The van der Waals surface area contributed by atoms with E-state index in [1.807, 2.05) is 0 Å². The molecule has 0 amide bonds. The monoisotopic (exact) mass is 282 g/mol. The number of rotatable bonds is 1. The van der Waals surface area contributed by atoms with Crippen molar-refractivity contribution >= 4 is 22.6 Å². The average Bonchev–Trinajstić information content (AvgIpc) is 2.08. The van der Waals surface area contributed by atoms with E-state index in [-0.39, 0.29) is 0 Å². The van der Waals surface area contributed by atoms with E-state index < -0.39 is 0 Å². The molecule has 2 heteroatoms. The van der Waals surface area contributed by atoms with Gasteiger partial charge in [-0.15, -0.1) is 0 Å². The fourth-order valence-electron chi connectivity index (χ4n) is 1.95. The van der Waals surface area contributed by atoms with E-state index in [4.69, 9.17) is 4.74 Å². The molecular formula is C10H19IO. The molecule has 72 valence electrons. The van der Waals surface area contributed by atoms with Crippen molar-refractivity contribution in [1.29, 1.82) is 0 Å². The number of hydrogen-bond donors (Lipinski definition) is 0. The van der Waals surface area contributed by atoms with Gasteiger partial charge in [-0.3, -0.25) is 0 Å². The van der Waals surface area contributed by atoms with Crippen LogP contribution in [0.1, 0.15) is 27.7 Å². The van der Waals surface area contributed by atoms with Gasteiger partial charge in [0.1, 0.15) is 0 Å². The van der Waals surface area contributed by atoms with Gasteiger partial charge >= 0.3 is 0 Å². The van der Waals surface area contributed by atoms with Crippen molar-refractivity contribution in [2.45, 2.75) is 39.9 Å². The van der Waals surface area contributed by atoms with Crippen molar-refractivity contribution in [3.05, 3.63) is 0 Å². The summed E-state index contributed by atoms with van der Waals surface area (Å²) in [7, 11) is 0. The van der Waals surface area contributed by atoms with Crippen LogP contribution in [0, 0.1) is 17.8 Å². The summed E-state index contributed by atoms with van der Waals surface area (Å²) in [6.07, 6.45) is 0.919. The molecule has 0 bridgehead atoms. The Labute approximate surface area is 89.4 Å². The molecule has 0 radical (unpaired) electrons. The first-order chi connectivity index (χ1) is 5.57. The minimum atomic E-state index is 0.441. The lowest BCUT2D eigenvalue weighted by molar-refractivity contribution is -0.112. The highest BCUT2D eigenvalue weighted by Crippen LogP contribution is 2.35. The van der Waals surface area contributed by atoms with Crippen molar-refractivity contribution in [3.63, 3.8) is 0 Å². The van der Waals surface area contributed by atoms with Gasteiger partial charge in [0.15, 0.2) is 0 Å². The maximum Gasteiger partial charge on any atom is 0.0696 e. The second-order valence-corrected chi connectivity index (χ2v) is 4.99. The molecule has 1 rings (SSSR count). The lowest BCUT2D eigenvalue weighted by Gasteiger charge is -2.42. The molecule has 0 N–H and O–H groups in total. The minimum Gasteiger partial charge on any atom is -0.374 e. The molecule has 0 aromatic carbocycles. The molecule has 1 unspecified atom stereocenters. The summed E-state index contributed by atoms with van der Waals surface area (Å²) in [6.45, 7) is 9.17. The molecular weight excluding hydrogens is 263 g/mol. The van der Waals surface area contributed by atoms with E-state index in [9.17, 15) is 0 Å².